The fraction of sp³-hybridized carbons (Fsp3) is 0. The van der Waals surface area contributed by atoms with Crippen LogP contribution in [0.2, 0.25) is 0 Å². The minimum atomic E-state index is -0.772. The third kappa shape index (κ3) is 3.46. The Balaban J connectivity index is 1.79. The second-order valence-corrected chi connectivity index (χ2v) is 8.34. The Morgan fingerprint density at radius 1 is 0.909 bits per heavy atom. The maximum Gasteiger partial charge on any atom is 0.354 e. The van der Waals surface area contributed by atoms with E-state index in [1.165, 1.54) is 16.7 Å². The van der Waals surface area contributed by atoms with Gasteiger partial charge < -0.3 is 15.3 Å². The van der Waals surface area contributed by atoms with Crippen molar-refractivity contribution in [3.05, 3.63) is 105 Å². The number of rotatable bonds is 4. The largest absolute Gasteiger partial charge is 0.505 e. The summed E-state index contributed by atoms with van der Waals surface area (Å²) in [4.78, 5) is 38.1. The van der Waals surface area contributed by atoms with Gasteiger partial charge in [0.05, 0.1) is 5.52 Å². The summed E-state index contributed by atoms with van der Waals surface area (Å²) in [6.07, 6.45) is 0. The number of nitrogens with zero attached hydrogens (tertiary/aromatic N) is 1. The van der Waals surface area contributed by atoms with Crippen LogP contribution in [-0.2, 0) is 0 Å². The molecule has 8 heteroatoms. The summed E-state index contributed by atoms with van der Waals surface area (Å²) < 4.78 is 7.05. The number of pyridine rings is 1. The average Bonchev–Trinajstić information content (AvgIpc) is 2.82. The molecule has 33 heavy (non-hydrogen) atoms. The molecular formula is C25H16N2O5S. The van der Waals surface area contributed by atoms with Crippen molar-refractivity contribution in [3.8, 4) is 11.4 Å². The van der Waals surface area contributed by atoms with Gasteiger partial charge in [-0.15, -0.1) is 0 Å². The summed E-state index contributed by atoms with van der Waals surface area (Å²) in [5.74, 6) is -1.03. The van der Waals surface area contributed by atoms with Gasteiger partial charge in [-0.1, -0.05) is 42.1 Å². The summed E-state index contributed by atoms with van der Waals surface area (Å²) in [7, 11) is 0. The number of carbonyl (C=O) groups is 1. The normalized spacial score (nSPS) is 11.2. The van der Waals surface area contributed by atoms with Gasteiger partial charge in [-0.2, -0.15) is 0 Å². The lowest BCUT2D eigenvalue weighted by Crippen LogP contribution is -2.20. The van der Waals surface area contributed by atoms with E-state index in [2.05, 4.69) is 0 Å². The highest BCUT2D eigenvalue weighted by molar-refractivity contribution is 7.99. The lowest BCUT2D eigenvalue weighted by molar-refractivity contribution is 0.1000. The van der Waals surface area contributed by atoms with E-state index in [-0.39, 0.29) is 15.9 Å². The second-order valence-electron chi connectivity index (χ2n) is 7.26. The molecule has 0 saturated carbocycles. The summed E-state index contributed by atoms with van der Waals surface area (Å²) >= 11 is 0.935. The number of amides is 1. The molecule has 5 rings (SSSR count). The SMILES string of the molecule is NC(=O)c1ccc(Sc2c(O)c3c(=O)n(-c4ccccc4)c4ccccc4c3oc2=O)cc1. The molecule has 0 fully saturated rings. The van der Waals surface area contributed by atoms with E-state index in [4.69, 9.17) is 10.2 Å². The third-order valence-corrected chi connectivity index (χ3v) is 6.31. The zero-order valence-corrected chi connectivity index (χ0v) is 17.8. The number of hydrogen-bond acceptors (Lipinski definition) is 6. The van der Waals surface area contributed by atoms with Crippen molar-refractivity contribution in [1.29, 1.82) is 0 Å². The van der Waals surface area contributed by atoms with Gasteiger partial charge in [-0.25, -0.2) is 4.79 Å². The maximum absolute atomic E-state index is 13.6. The van der Waals surface area contributed by atoms with Crippen molar-refractivity contribution in [3.63, 3.8) is 0 Å². The Morgan fingerprint density at radius 3 is 2.27 bits per heavy atom. The van der Waals surface area contributed by atoms with Crippen molar-refractivity contribution in [2.24, 2.45) is 5.73 Å². The number of carbonyl (C=O) groups excluding carboxylic acids is 1. The number of nitrogens with two attached hydrogens (primary N) is 1. The quantitative estimate of drug-likeness (QED) is 0.394. The molecule has 0 atom stereocenters. The summed E-state index contributed by atoms with van der Waals surface area (Å²) in [5.41, 5.74) is 5.48. The van der Waals surface area contributed by atoms with Gasteiger partial charge in [0.15, 0.2) is 11.3 Å². The minimum absolute atomic E-state index is 0.0266. The zero-order chi connectivity index (χ0) is 23.1. The summed E-state index contributed by atoms with van der Waals surface area (Å²) in [6, 6.07) is 22.3. The first kappa shape index (κ1) is 20.6. The molecule has 0 aliphatic heterocycles. The van der Waals surface area contributed by atoms with Gasteiger partial charge in [-0.3, -0.25) is 14.2 Å². The number of para-hydroxylation sites is 2. The topological polar surface area (TPSA) is 116 Å². The van der Waals surface area contributed by atoms with E-state index in [1.807, 2.05) is 18.2 Å². The van der Waals surface area contributed by atoms with Gasteiger partial charge in [0.1, 0.15) is 10.3 Å². The number of aromatic hydroxyl groups is 1. The van der Waals surface area contributed by atoms with Crippen molar-refractivity contribution in [1.82, 2.24) is 4.57 Å². The summed E-state index contributed by atoms with van der Waals surface area (Å²) in [5, 5.41) is 11.5. The molecular weight excluding hydrogens is 440 g/mol. The van der Waals surface area contributed by atoms with Gasteiger partial charge in [0, 0.05) is 21.5 Å². The van der Waals surface area contributed by atoms with Crippen molar-refractivity contribution in [2.45, 2.75) is 9.79 Å². The predicted octanol–water partition coefficient (Wildman–Crippen LogP) is 4.05. The smallest absolute Gasteiger partial charge is 0.354 e. The fourth-order valence-electron chi connectivity index (χ4n) is 3.71. The fourth-order valence-corrected chi connectivity index (χ4v) is 4.54. The third-order valence-electron chi connectivity index (χ3n) is 5.24. The zero-order valence-electron chi connectivity index (χ0n) is 17.0. The second kappa shape index (κ2) is 7.99. The first-order valence-corrected chi connectivity index (χ1v) is 10.7. The molecule has 162 valence electrons. The number of hydrogen-bond donors (Lipinski definition) is 2. The van der Waals surface area contributed by atoms with Gasteiger partial charge in [0.25, 0.3) is 5.56 Å². The molecule has 0 saturated heterocycles. The molecule has 0 bridgehead atoms. The maximum atomic E-state index is 13.6. The summed E-state index contributed by atoms with van der Waals surface area (Å²) in [6.45, 7) is 0. The molecule has 0 radical (unpaired) electrons. The van der Waals surface area contributed by atoms with Gasteiger partial charge >= 0.3 is 5.63 Å². The first-order chi connectivity index (χ1) is 16.0. The Bertz CT molecular complexity index is 1660. The van der Waals surface area contributed by atoms with Crippen LogP contribution in [-0.4, -0.2) is 15.6 Å². The van der Waals surface area contributed by atoms with E-state index >= 15 is 0 Å². The highest BCUT2D eigenvalue weighted by Crippen LogP contribution is 2.37. The lowest BCUT2D eigenvalue weighted by atomic mass is 10.1. The van der Waals surface area contributed by atoms with E-state index < -0.39 is 22.8 Å². The molecule has 0 unspecified atom stereocenters. The van der Waals surface area contributed by atoms with Crippen LogP contribution in [0.25, 0.3) is 27.6 Å². The highest BCUT2D eigenvalue weighted by atomic mass is 32.2. The van der Waals surface area contributed by atoms with Crippen LogP contribution in [0.1, 0.15) is 10.4 Å². The predicted molar refractivity (Wildman–Crippen MR) is 126 cm³/mol. The lowest BCUT2D eigenvalue weighted by Gasteiger charge is -2.14. The van der Waals surface area contributed by atoms with Crippen LogP contribution in [0.3, 0.4) is 0 Å². The molecule has 3 aromatic carbocycles. The molecule has 0 spiro atoms. The monoisotopic (exact) mass is 456 g/mol. The first-order valence-electron chi connectivity index (χ1n) is 9.92. The number of fused-ring (bicyclic) bond motifs is 3. The van der Waals surface area contributed by atoms with Crippen LogP contribution in [0.5, 0.6) is 5.75 Å². The molecule has 0 aliphatic carbocycles. The van der Waals surface area contributed by atoms with Crippen LogP contribution < -0.4 is 16.9 Å². The molecule has 3 N–H and O–H groups in total. The minimum Gasteiger partial charge on any atom is -0.505 e. The number of benzene rings is 3. The number of primary amides is 1. The highest BCUT2D eigenvalue weighted by Gasteiger charge is 2.22. The van der Waals surface area contributed by atoms with Crippen LogP contribution in [0.4, 0.5) is 0 Å². The van der Waals surface area contributed by atoms with E-state index in [9.17, 15) is 19.5 Å². The number of aromatic nitrogens is 1. The van der Waals surface area contributed by atoms with Crippen LogP contribution in [0.15, 0.2) is 103 Å². The Labute approximate surface area is 190 Å². The standard InChI is InChI=1S/C25H16N2O5S/c26-23(29)14-10-12-16(13-11-14)33-22-20(28)19-21(32-25(22)31)17-8-4-5-9-18(17)27(24(19)30)15-6-2-1-3-7-15/h1-13,28H,(H2,26,29). The molecule has 2 heterocycles. The van der Waals surface area contributed by atoms with Crippen LogP contribution >= 0.6 is 11.8 Å². The Morgan fingerprint density at radius 2 is 1.58 bits per heavy atom. The van der Waals surface area contributed by atoms with E-state index in [0.717, 1.165) is 11.8 Å². The molecule has 7 nitrogen and oxygen atoms in total. The van der Waals surface area contributed by atoms with Crippen molar-refractivity contribution < 1.29 is 14.3 Å². The molecule has 1 amide bonds. The van der Waals surface area contributed by atoms with Gasteiger partial charge in [0.2, 0.25) is 5.91 Å². The van der Waals surface area contributed by atoms with E-state index in [1.54, 1.807) is 48.5 Å². The van der Waals surface area contributed by atoms with Crippen molar-refractivity contribution >= 4 is 39.5 Å². The van der Waals surface area contributed by atoms with Crippen molar-refractivity contribution in [2.75, 3.05) is 0 Å². The van der Waals surface area contributed by atoms with E-state index in [0.29, 0.717) is 27.0 Å². The average molecular weight is 456 g/mol. The van der Waals surface area contributed by atoms with Gasteiger partial charge in [-0.05, 0) is 48.5 Å². The molecule has 5 aromatic rings. The molecule has 2 aromatic heterocycles. The molecule has 0 aliphatic rings. The Hall–Kier alpha value is -4.30. The Kier molecular flexibility index (Phi) is 4.99. The van der Waals surface area contributed by atoms with Crippen LogP contribution in [0, 0.1) is 0 Å².